The van der Waals surface area contributed by atoms with Crippen molar-refractivity contribution >= 4 is 11.3 Å². The van der Waals surface area contributed by atoms with Crippen molar-refractivity contribution in [3.8, 4) is 5.69 Å². The van der Waals surface area contributed by atoms with E-state index < -0.39 is 0 Å². The molecule has 4 rings (SSSR count). The molecule has 0 radical (unpaired) electrons. The smallest absolute Gasteiger partial charge is 0.123 e. The summed E-state index contributed by atoms with van der Waals surface area (Å²) in [4.78, 5) is 4.75. The molecular weight excluding hydrogens is 371 g/mol. The van der Waals surface area contributed by atoms with Gasteiger partial charge in [0.25, 0.3) is 0 Å². The monoisotopic (exact) mass is 398 g/mol. The maximum atomic E-state index is 13.3. The summed E-state index contributed by atoms with van der Waals surface area (Å²) in [6.45, 7) is 9.71. The second-order valence-corrected chi connectivity index (χ2v) is 9.68. The summed E-state index contributed by atoms with van der Waals surface area (Å²) in [7, 11) is 0. The quantitative estimate of drug-likeness (QED) is 0.626. The van der Waals surface area contributed by atoms with Crippen LogP contribution < -0.4 is 5.32 Å². The van der Waals surface area contributed by atoms with E-state index in [1.807, 2.05) is 10.9 Å². The van der Waals surface area contributed by atoms with E-state index in [2.05, 4.69) is 43.5 Å². The third-order valence-corrected chi connectivity index (χ3v) is 6.28. The highest BCUT2D eigenvalue weighted by molar-refractivity contribution is 7.09. The van der Waals surface area contributed by atoms with Gasteiger partial charge in [-0.05, 0) is 48.4 Å². The average Bonchev–Trinajstić information content (AvgIpc) is 3.27. The maximum Gasteiger partial charge on any atom is 0.123 e. The highest BCUT2D eigenvalue weighted by Gasteiger charge is 2.35. The Morgan fingerprint density at radius 1 is 1.29 bits per heavy atom. The molecule has 3 aromatic rings. The van der Waals surface area contributed by atoms with E-state index in [-0.39, 0.29) is 17.3 Å². The lowest BCUT2D eigenvalue weighted by Gasteiger charge is -2.36. The van der Waals surface area contributed by atoms with Crippen molar-refractivity contribution in [3.05, 3.63) is 63.6 Å². The fraction of sp³-hybridized carbons (Fsp3) is 0.455. The molecule has 4 nitrogen and oxygen atoms in total. The van der Waals surface area contributed by atoms with Crippen molar-refractivity contribution < 1.29 is 4.39 Å². The first-order chi connectivity index (χ1) is 13.3. The third kappa shape index (κ3) is 3.89. The SMILES string of the molecule is CC(C)c1csc(CN[C@H]2CC(C)(C)Cc3c2cnn3-c2ccc(F)cc2)n1. The molecule has 1 atom stereocenters. The Morgan fingerprint density at radius 3 is 2.71 bits per heavy atom. The van der Waals surface area contributed by atoms with Gasteiger partial charge < -0.3 is 5.32 Å². The number of nitrogens with one attached hydrogen (secondary N) is 1. The van der Waals surface area contributed by atoms with Crippen LogP contribution in [0.5, 0.6) is 0 Å². The van der Waals surface area contributed by atoms with E-state index >= 15 is 0 Å². The molecule has 0 aliphatic heterocycles. The fourth-order valence-corrected chi connectivity index (χ4v) is 4.82. The lowest BCUT2D eigenvalue weighted by atomic mass is 9.74. The Morgan fingerprint density at radius 2 is 2.04 bits per heavy atom. The molecule has 0 fully saturated rings. The van der Waals surface area contributed by atoms with Crippen LogP contribution in [0.4, 0.5) is 4.39 Å². The standard InChI is InChI=1S/C22H27FN4S/c1-14(2)19-13-28-21(26-19)12-24-18-9-22(3,4)10-20-17(18)11-25-27(20)16-7-5-15(23)6-8-16/h5-8,11,13-14,18,24H,9-10,12H2,1-4H3/t18-/m0/s1. The van der Waals surface area contributed by atoms with Gasteiger partial charge in [0.2, 0.25) is 0 Å². The second kappa shape index (κ2) is 7.41. The number of nitrogens with zero attached hydrogens (tertiary/aromatic N) is 3. The first-order valence-electron chi connectivity index (χ1n) is 9.83. The molecule has 28 heavy (non-hydrogen) atoms. The van der Waals surface area contributed by atoms with Gasteiger partial charge in [0.15, 0.2) is 0 Å². The van der Waals surface area contributed by atoms with E-state index in [1.165, 1.54) is 23.4 Å². The van der Waals surface area contributed by atoms with Crippen molar-refractivity contribution in [2.75, 3.05) is 0 Å². The molecule has 2 aromatic heterocycles. The van der Waals surface area contributed by atoms with Gasteiger partial charge in [0.1, 0.15) is 10.8 Å². The van der Waals surface area contributed by atoms with Gasteiger partial charge in [0.05, 0.1) is 17.6 Å². The lowest BCUT2D eigenvalue weighted by molar-refractivity contribution is 0.252. The van der Waals surface area contributed by atoms with Crippen molar-refractivity contribution in [2.45, 2.75) is 59.0 Å². The van der Waals surface area contributed by atoms with Crippen LogP contribution in [-0.4, -0.2) is 14.8 Å². The van der Waals surface area contributed by atoms with Crippen molar-refractivity contribution in [1.82, 2.24) is 20.1 Å². The summed E-state index contributed by atoms with van der Waals surface area (Å²) in [5.41, 5.74) is 4.68. The van der Waals surface area contributed by atoms with Gasteiger partial charge in [0, 0.05) is 29.2 Å². The van der Waals surface area contributed by atoms with E-state index in [4.69, 9.17) is 4.98 Å². The highest BCUT2D eigenvalue weighted by Crippen LogP contribution is 2.41. The number of hydrogen-bond donors (Lipinski definition) is 1. The molecule has 0 spiro atoms. The Balaban J connectivity index is 1.59. The van der Waals surface area contributed by atoms with E-state index in [0.717, 1.165) is 35.8 Å². The van der Waals surface area contributed by atoms with Crippen LogP contribution in [-0.2, 0) is 13.0 Å². The van der Waals surface area contributed by atoms with Gasteiger partial charge >= 0.3 is 0 Å². The summed E-state index contributed by atoms with van der Waals surface area (Å²) in [6.07, 6.45) is 3.97. The number of halogens is 1. The summed E-state index contributed by atoms with van der Waals surface area (Å²) >= 11 is 1.72. The van der Waals surface area contributed by atoms with Crippen LogP contribution in [0.15, 0.2) is 35.8 Å². The minimum Gasteiger partial charge on any atom is -0.303 e. The van der Waals surface area contributed by atoms with Gasteiger partial charge in [-0.2, -0.15) is 5.10 Å². The molecule has 1 aromatic carbocycles. The molecule has 0 saturated heterocycles. The maximum absolute atomic E-state index is 13.3. The molecule has 1 N–H and O–H groups in total. The number of thiazole rings is 1. The minimum atomic E-state index is -0.228. The van der Waals surface area contributed by atoms with Crippen LogP contribution in [0.1, 0.15) is 68.0 Å². The molecule has 0 unspecified atom stereocenters. The van der Waals surface area contributed by atoms with Crippen LogP contribution in [0, 0.1) is 11.2 Å². The van der Waals surface area contributed by atoms with Gasteiger partial charge in [-0.3, -0.25) is 0 Å². The molecule has 2 heterocycles. The normalized spacial score (nSPS) is 18.4. The lowest BCUT2D eigenvalue weighted by Crippen LogP contribution is -2.33. The zero-order valence-corrected chi connectivity index (χ0v) is 17.7. The summed E-state index contributed by atoms with van der Waals surface area (Å²) in [6, 6.07) is 6.79. The predicted molar refractivity (Wildman–Crippen MR) is 111 cm³/mol. The number of fused-ring (bicyclic) bond motifs is 1. The summed E-state index contributed by atoms with van der Waals surface area (Å²) in [5.74, 6) is 0.230. The van der Waals surface area contributed by atoms with Gasteiger partial charge in [-0.25, -0.2) is 14.1 Å². The summed E-state index contributed by atoms with van der Waals surface area (Å²) < 4.78 is 15.3. The van der Waals surface area contributed by atoms with Crippen LogP contribution in [0.2, 0.25) is 0 Å². The van der Waals surface area contributed by atoms with Gasteiger partial charge in [-0.15, -0.1) is 11.3 Å². The number of benzene rings is 1. The molecule has 1 aliphatic carbocycles. The molecule has 0 bridgehead atoms. The van der Waals surface area contributed by atoms with Crippen LogP contribution in [0.25, 0.3) is 5.69 Å². The average molecular weight is 399 g/mol. The van der Waals surface area contributed by atoms with E-state index in [1.54, 1.807) is 23.5 Å². The zero-order chi connectivity index (χ0) is 19.9. The van der Waals surface area contributed by atoms with Crippen molar-refractivity contribution in [2.24, 2.45) is 5.41 Å². The number of rotatable bonds is 5. The van der Waals surface area contributed by atoms with Crippen LogP contribution >= 0.6 is 11.3 Å². The first-order valence-corrected chi connectivity index (χ1v) is 10.7. The molecule has 0 amide bonds. The zero-order valence-electron chi connectivity index (χ0n) is 16.9. The first kappa shape index (κ1) is 19.3. The predicted octanol–water partition coefficient (Wildman–Crippen LogP) is 5.39. The van der Waals surface area contributed by atoms with Crippen LogP contribution in [0.3, 0.4) is 0 Å². The fourth-order valence-electron chi connectivity index (χ4n) is 3.91. The van der Waals surface area contributed by atoms with Gasteiger partial charge in [-0.1, -0.05) is 27.7 Å². The Kier molecular flexibility index (Phi) is 5.10. The van der Waals surface area contributed by atoms with E-state index in [0.29, 0.717) is 5.92 Å². The molecule has 0 saturated carbocycles. The Bertz CT molecular complexity index is 955. The molecule has 1 aliphatic rings. The Labute approximate surface area is 169 Å². The minimum absolute atomic E-state index is 0.161. The molecular formula is C22H27FN4S. The van der Waals surface area contributed by atoms with E-state index in [9.17, 15) is 4.39 Å². The van der Waals surface area contributed by atoms with Crippen molar-refractivity contribution in [1.29, 1.82) is 0 Å². The third-order valence-electron chi connectivity index (χ3n) is 5.41. The molecule has 6 heteroatoms. The topological polar surface area (TPSA) is 42.7 Å². The second-order valence-electron chi connectivity index (χ2n) is 8.73. The number of aromatic nitrogens is 3. The largest absolute Gasteiger partial charge is 0.303 e. The van der Waals surface area contributed by atoms with Crippen molar-refractivity contribution in [3.63, 3.8) is 0 Å². The summed E-state index contributed by atoms with van der Waals surface area (Å²) in [5, 5.41) is 11.6. The molecule has 148 valence electrons. The Hall–Kier alpha value is -2.05. The highest BCUT2D eigenvalue weighted by atomic mass is 32.1. The number of hydrogen-bond acceptors (Lipinski definition) is 4.